The lowest BCUT2D eigenvalue weighted by Gasteiger charge is -2.32. The molecule has 0 spiro atoms. The maximum atomic E-state index is 12.1. The highest BCUT2D eigenvalue weighted by atomic mass is 16.5. The van der Waals surface area contributed by atoms with E-state index < -0.39 is 0 Å². The fraction of sp³-hybridized carbons (Fsp3) is 0.556. The number of aromatic nitrogens is 2. The summed E-state index contributed by atoms with van der Waals surface area (Å²) in [5.74, 6) is 0.876. The van der Waals surface area contributed by atoms with Crippen LogP contribution in [0.1, 0.15) is 31.2 Å². The second-order valence-electron chi connectivity index (χ2n) is 6.47. The lowest BCUT2D eigenvalue weighted by atomic mass is 10.1. The van der Waals surface area contributed by atoms with Crippen molar-refractivity contribution in [2.24, 2.45) is 0 Å². The smallest absolute Gasteiger partial charge is 0.220 e. The topological polar surface area (TPSA) is 70.2 Å². The third-order valence-corrected chi connectivity index (χ3v) is 4.67. The Morgan fingerprint density at radius 3 is 2.96 bits per heavy atom. The highest BCUT2D eigenvalue weighted by molar-refractivity contribution is 5.79. The fourth-order valence-corrected chi connectivity index (χ4v) is 3.12. The van der Waals surface area contributed by atoms with Gasteiger partial charge in [0.2, 0.25) is 5.91 Å². The van der Waals surface area contributed by atoms with Crippen molar-refractivity contribution in [3.8, 4) is 0 Å². The van der Waals surface area contributed by atoms with Gasteiger partial charge in [0, 0.05) is 25.6 Å². The molecule has 0 radical (unpaired) electrons. The van der Waals surface area contributed by atoms with Crippen LogP contribution in [0, 0.1) is 6.92 Å². The van der Waals surface area contributed by atoms with Crippen LogP contribution in [0.5, 0.6) is 0 Å². The number of morpholine rings is 1. The van der Waals surface area contributed by atoms with E-state index in [-0.39, 0.29) is 5.91 Å². The highest BCUT2D eigenvalue weighted by Gasteiger charge is 2.17. The summed E-state index contributed by atoms with van der Waals surface area (Å²) in [6.45, 7) is 8.17. The van der Waals surface area contributed by atoms with E-state index in [0.717, 1.165) is 55.1 Å². The van der Waals surface area contributed by atoms with Crippen LogP contribution < -0.4 is 5.32 Å². The number of carbonyl (C=O) groups is 1. The predicted molar refractivity (Wildman–Crippen MR) is 93.8 cm³/mol. The van der Waals surface area contributed by atoms with Gasteiger partial charge >= 0.3 is 0 Å². The Morgan fingerprint density at radius 1 is 1.42 bits per heavy atom. The second kappa shape index (κ2) is 7.77. The van der Waals surface area contributed by atoms with Crippen molar-refractivity contribution in [3.63, 3.8) is 0 Å². The quantitative estimate of drug-likeness (QED) is 0.850. The number of H-pyrrole nitrogens is 1. The average molecular weight is 330 g/mol. The zero-order valence-corrected chi connectivity index (χ0v) is 14.5. The van der Waals surface area contributed by atoms with Crippen molar-refractivity contribution in [1.82, 2.24) is 20.2 Å². The minimum Gasteiger partial charge on any atom is -0.379 e. The average Bonchev–Trinajstić information content (AvgIpc) is 3.03. The molecule has 2 N–H and O–H groups in total. The number of aryl methyl sites for hydroxylation is 1. The van der Waals surface area contributed by atoms with E-state index in [4.69, 9.17) is 4.74 Å². The molecule has 0 aliphatic carbocycles. The Hall–Kier alpha value is -1.92. The van der Waals surface area contributed by atoms with Crippen LogP contribution in [0.25, 0.3) is 11.0 Å². The van der Waals surface area contributed by atoms with Gasteiger partial charge in [-0.05, 0) is 31.9 Å². The van der Waals surface area contributed by atoms with Gasteiger partial charge in [0.1, 0.15) is 5.82 Å². The summed E-state index contributed by atoms with van der Waals surface area (Å²) in [6.07, 6.45) is 1.41. The summed E-state index contributed by atoms with van der Waals surface area (Å²) in [5, 5.41) is 2.96. The van der Waals surface area contributed by atoms with E-state index in [2.05, 4.69) is 27.1 Å². The SMILES string of the molecule is Cc1cccc2[nH]c(CNC(=O)CCC(C)N3CCOCC3)nc12. The number of nitrogens with one attached hydrogen (secondary N) is 2. The fourth-order valence-electron chi connectivity index (χ4n) is 3.12. The minimum atomic E-state index is 0.0762. The second-order valence-corrected chi connectivity index (χ2v) is 6.47. The molecule has 1 atom stereocenters. The number of para-hydroxylation sites is 1. The van der Waals surface area contributed by atoms with Crippen molar-refractivity contribution in [3.05, 3.63) is 29.6 Å². The van der Waals surface area contributed by atoms with Gasteiger partial charge in [0.15, 0.2) is 0 Å². The van der Waals surface area contributed by atoms with E-state index in [1.165, 1.54) is 0 Å². The number of imidazole rings is 1. The molecule has 1 aliphatic heterocycles. The number of ether oxygens (including phenoxy) is 1. The largest absolute Gasteiger partial charge is 0.379 e. The molecule has 0 saturated carbocycles. The van der Waals surface area contributed by atoms with Crippen molar-refractivity contribution in [2.75, 3.05) is 26.3 Å². The first-order valence-corrected chi connectivity index (χ1v) is 8.66. The Balaban J connectivity index is 1.45. The summed E-state index contributed by atoms with van der Waals surface area (Å²) in [4.78, 5) is 22.3. The number of hydrogen-bond acceptors (Lipinski definition) is 4. The van der Waals surface area contributed by atoms with Crippen molar-refractivity contribution in [2.45, 2.75) is 39.3 Å². The highest BCUT2D eigenvalue weighted by Crippen LogP contribution is 2.15. The van der Waals surface area contributed by atoms with Gasteiger partial charge in [-0.1, -0.05) is 12.1 Å². The normalized spacial score (nSPS) is 17.1. The molecule has 3 rings (SSSR count). The number of carbonyl (C=O) groups excluding carboxylic acids is 1. The first-order valence-electron chi connectivity index (χ1n) is 8.66. The lowest BCUT2D eigenvalue weighted by molar-refractivity contribution is -0.121. The molecule has 0 bridgehead atoms. The maximum absolute atomic E-state index is 12.1. The summed E-state index contributed by atoms with van der Waals surface area (Å²) in [6, 6.07) is 6.46. The number of benzene rings is 1. The van der Waals surface area contributed by atoms with Crippen LogP contribution in [0.4, 0.5) is 0 Å². The Kier molecular flexibility index (Phi) is 5.48. The Morgan fingerprint density at radius 2 is 2.21 bits per heavy atom. The molecule has 24 heavy (non-hydrogen) atoms. The van der Waals surface area contributed by atoms with Crippen LogP contribution >= 0.6 is 0 Å². The number of aromatic amines is 1. The molecule has 1 fully saturated rings. The third kappa shape index (κ3) is 4.13. The summed E-state index contributed by atoms with van der Waals surface area (Å²) in [7, 11) is 0. The predicted octanol–water partition coefficient (Wildman–Crippen LogP) is 1.99. The molecular formula is C18H26N4O2. The summed E-state index contributed by atoms with van der Waals surface area (Å²) >= 11 is 0. The molecule has 2 aromatic rings. The van der Waals surface area contributed by atoms with Gasteiger partial charge in [-0.15, -0.1) is 0 Å². The molecule has 6 nitrogen and oxygen atoms in total. The molecular weight excluding hydrogens is 304 g/mol. The van der Waals surface area contributed by atoms with Gasteiger partial charge < -0.3 is 15.0 Å². The molecule has 1 aromatic heterocycles. The van der Waals surface area contributed by atoms with Gasteiger partial charge in [-0.3, -0.25) is 9.69 Å². The molecule has 1 unspecified atom stereocenters. The van der Waals surface area contributed by atoms with Crippen LogP contribution in [-0.4, -0.2) is 53.1 Å². The third-order valence-electron chi connectivity index (χ3n) is 4.67. The van der Waals surface area contributed by atoms with E-state index in [9.17, 15) is 4.79 Å². The minimum absolute atomic E-state index is 0.0762. The van der Waals surface area contributed by atoms with E-state index in [0.29, 0.717) is 19.0 Å². The van der Waals surface area contributed by atoms with Crippen molar-refractivity contribution >= 4 is 16.9 Å². The summed E-state index contributed by atoms with van der Waals surface area (Å²) < 4.78 is 5.36. The first kappa shape index (κ1) is 16.9. The van der Waals surface area contributed by atoms with Gasteiger partial charge in [-0.2, -0.15) is 0 Å². The Labute approximate surface area is 142 Å². The number of nitrogens with zero attached hydrogens (tertiary/aromatic N) is 2. The Bertz CT molecular complexity index is 691. The number of fused-ring (bicyclic) bond motifs is 1. The zero-order chi connectivity index (χ0) is 16.9. The van der Waals surface area contributed by atoms with Crippen LogP contribution in [0.2, 0.25) is 0 Å². The molecule has 1 saturated heterocycles. The molecule has 130 valence electrons. The van der Waals surface area contributed by atoms with Crippen molar-refractivity contribution < 1.29 is 9.53 Å². The van der Waals surface area contributed by atoms with Crippen LogP contribution in [0.3, 0.4) is 0 Å². The molecule has 1 aliphatic rings. The number of rotatable bonds is 6. The number of hydrogen-bond donors (Lipinski definition) is 2. The molecule has 6 heteroatoms. The van der Waals surface area contributed by atoms with Gasteiger partial charge in [0.25, 0.3) is 0 Å². The standard InChI is InChI=1S/C18H26N4O2/c1-13-4-3-5-15-18(13)21-16(20-15)12-19-17(23)7-6-14(2)22-8-10-24-11-9-22/h3-5,14H,6-12H2,1-2H3,(H,19,23)(H,20,21). The van der Waals surface area contributed by atoms with Crippen LogP contribution in [0.15, 0.2) is 18.2 Å². The summed E-state index contributed by atoms with van der Waals surface area (Å²) in [5.41, 5.74) is 3.13. The van der Waals surface area contributed by atoms with Crippen molar-refractivity contribution in [1.29, 1.82) is 0 Å². The molecule has 2 heterocycles. The number of amides is 1. The monoisotopic (exact) mass is 330 g/mol. The molecule has 1 aromatic carbocycles. The maximum Gasteiger partial charge on any atom is 0.220 e. The lowest BCUT2D eigenvalue weighted by Crippen LogP contribution is -2.42. The van der Waals surface area contributed by atoms with Gasteiger partial charge in [0.05, 0.1) is 30.8 Å². The first-order chi connectivity index (χ1) is 11.6. The van der Waals surface area contributed by atoms with Gasteiger partial charge in [-0.25, -0.2) is 4.98 Å². The zero-order valence-electron chi connectivity index (χ0n) is 14.5. The molecule has 1 amide bonds. The van der Waals surface area contributed by atoms with E-state index in [1.807, 2.05) is 25.1 Å². The van der Waals surface area contributed by atoms with E-state index in [1.54, 1.807) is 0 Å². The van der Waals surface area contributed by atoms with Crippen LogP contribution in [-0.2, 0) is 16.1 Å². The van der Waals surface area contributed by atoms with E-state index >= 15 is 0 Å².